The highest BCUT2D eigenvalue weighted by Gasteiger charge is 2.31. The number of aliphatic carboxylic acids is 1. The summed E-state index contributed by atoms with van der Waals surface area (Å²) in [5.41, 5.74) is 0. The van der Waals surface area contributed by atoms with E-state index >= 15 is 0 Å². The van der Waals surface area contributed by atoms with E-state index in [2.05, 4.69) is 11.9 Å². The van der Waals surface area contributed by atoms with Crippen molar-refractivity contribution in [2.75, 3.05) is 31.1 Å². The molecule has 1 heterocycles. The minimum absolute atomic E-state index is 0.0918. The van der Waals surface area contributed by atoms with Gasteiger partial charge in [-0.3, -0.25) is 4.79 Å². The van der Waals surface area contributed by atoms with E-state index in [0.29, 0.717) is 19.6 Å². The van der Waals surface area contributed by atoms with Crippen molar-refractivity contribution in [3.63, 3.8) is 0 Å². The van der Waals surface area contributed by atoms with Crippen LogP contribution in [0.2, 0.25) is 0 Å². The van der Waals surface area contributed by atoms with Crippen LogP contribution >= 0.6 is 11.8 Å². The van der Waals surface area contributed by atoms with E-state index < -0.39 is 5.97 Å². The Morgan fingerprint density at radius 1 is 1.53 bits per heavy atom. The summed E-state index contributed by atoms with van der Waals surface area (Å²) in [6.07, 6.45) is 1.98. The average Bonchev–Trinajstić information content (AvgIpc) is 2.22. The zero-order valence-electron chi connectivity index (χ0n) is 9.72. The van der Waals surface area contributed by atoms with Crippen LogP contribution in [-0.4, -0.2) is 53.1 Å². The number of carboxylic acid groups (broad SMARTS) is 1. The van der Waals surface area contributed by atoms with Gasteiger partial charge in [0.15, 0.2) is 0 Å². The number of urea groups is 1. The zero-order chi connectivity index (χ0) is 12.7. The molecule has 0 spiro atoms. The fraction of sp³-hybridized carbons (Fsp3) is 0.636. The normalized spacial score (nSPS) is 15.2. The van der Waals surface area contributed by atoms with Gasteiger partial charge < -0.3 is 15.3 Å². The quantitative estimate of drug-likeness (QED) is 0.528. The Morgan fingerprint density at radius 2 is 2.24 bits per heavy atom. The van der Waals surface area contributed by atoms with Crippen molar-refractivity contribution in [3.8, 4) is 0 Å². The van der Waals surface area contributed by atoms with Crippen LogP contribution in [-0.2, 0) is 4.79 Å². The molecule has 0 atom stereocenters. The minimum atomic E-state index is -0.795. The lowest BCUT2D eigenvalue weighted by molar-refractivity contribution is -0.139. The Hall–Kier alpha value is -1.17. The van der Waals surface area contributed by atoms with Crippen molar-refractivity contribution in [2.45, 2.75) is 6.42 Å². The number of nitrogens with zero attached hydrogens (tertiary/aromatic N) is 1. The third kappa shape index (κ3) is 5.12. The summed E-state index contributed by atoms with van der Waals surface area (Å²) in [5, 5.41) is 11.4. The first kappa shape index (κ1) is 13.9. The molecule has 1 aliphatic rings. The summed E-state index contributed by atoms with van der Waals surface area (Å²) in [6, 6.07) is -0.0918. The average molecular weight is 258 g/mol. The fourth-order valence-corrected chi connectivity index (χ4v) is 2.20. The van der Waals surface area contributed by atoms with Crippen LogP contribution in [0.1, 0.15) is 6.42 Å². The van der Waals surface area contributed by atoms with Gasteiger partial charge in [0.25, 0.3) is 0 Å². The molecule has 2 amide bonds. The fourth-order valence-electron chi connectivity index (χ4n) is 1.62. The van der Waals surface area contributed by atoms with Crippen LogP contribution in [0.25, 0.3) is 0 Å². The highest BCUT2D eigenvalue weighted by molar-refractivity contribution is 7.99. The summed E-state index contributed by atoms with van der Waals surface area (Å²) in [7, 11) is 0. The molecule has 0 radical (unpaired) electrons. The molecule has 0 aromatic carbocycles. The highest BCUT2D eigenvalue weighted by atomic mass is 32.2. The first-order valence-electron chi connectivity index (χ1n) is 5.56. The van der Waals surface area contributed by atoms with Gasteiger partial charge in [0, 0.05) is 37.1 Å². The molecule has 96 valence electrons. The summed E-state index contributed by atoms with van der Waals surface area (Å²) in [4.78, 5) is 23.6. The van der Waals surface area contributed by atoms with Crippen LogP contribution < -0.4 is 5.32 Å². The number of carbonyl (C=O) groups is 2. The second-order valence-electron chi connectivity index (χ2n) is 3.96. The monoisotopic (exact) mass is 258 g/mol. The SMILES string of the molecule is C=CCSCCNC(=O)N1CC(CC(=O)O)C1. The van der Waals surface area contributed by atoms with Gasteiger partial charge in [-0.2, -0.15) is 11.8 Å². The molecule has 2 N–H and O–H groups in total. The molecule has 0 saturated carbocycles. The van der Waals surface area contributed by atoms with Crippen molar-refractivity contribution < 1.29 is 14.7 Å². The molecule has 17 heavy (non-hydrogen) atoms. The summed E-state index contributed by atoms with van der Waals surface area (Å²) < 4.78 is 0. The number of carboxylic acids is 1. The molecular weight excluding hydrogens is 240 g/mol. The molecule has 0 aromatic heterocycles. The number of hydrogen-bond donors (Lipinski definition) is 2. The number of rotatable bonds is 7. The number of likely N-dealkylation sites (tertiary alicyclic amines) is 1. The van der Waals surface area contributed by atoms with Crippen LogP contribution in [0.4, 0.5) is 4.79 Å². The minimum Gasteiger partial charge on any atom is -0.481 e. The van der Waals surface area contributed by atoms with Gasteiger partial charge in [0.05, 0.1) is 6.42 Å². The molecule has 5 nitrogen and oxygen atoms in total. The van der Waals surface area contributed by atoms with Crippen LogP contribution in [0.3, 0.4) is 0 Å². The number of amides is 2. The van der Waals surface area contributed by atoms with E-state index in [1.54, 1.807) is 16.7 Å². The van der Waals surface area contributed by atoms with Crippen molar-refractivity contribution in [3.05, 3.63) is 12.7 Å². The number of carbonyl (C=O) groups excluding carboxylic acids is 1. The van der Waals surface area contributed by atoms with Crippen LogP contribution in [0, 0.1) is 5.92 Å². The molecule has 0 aliphatic carbocycles. The maximum absolute atomic E-state index is 11.5. The number of nitrogens with one attached hydrogen (secondary N) is 1. The molecule has 1 fully saturated rings. The molecule has 1 aliphatic heterocycles. The standard InChI is InChI=1S/C11H18N2O3S/c1-2-4-17-5-3-12-11(16)13-7-9(8-13)6-10(14)15/h2,9H,1,3-8H2,(H,12,16)(H,14,15). The Morgan fingerprint density at radius 3 is 2.82 bits per heavy atom. The van der Waals surface area contributed by atoms with Crippen molar-refractivity contribution >= 4 is 23.8 Å². The van der Waals surface area contributed by atoms with E-state index in [1.807, 2.05) is 6.08 Å². The maximum Gasteiger partial charge on any atom is 0.317 e. The Labute approximate surface area is 105 Å². The van der Waals surface area contributed by atoms with Gasteiger partial charge in [-0.05, 0) is 0 Å². The predicted molar refractivity (Wildman–Crippen MR) is 68.2 cm³/mol. The molecule has 1 rings (SSSR count). The third-order valence-corrected chi connectivity index (χ3v) is 3.43. The summed E-state index contributed by atoms with van der Waals surface area (Å²) in [6.45, 7) is 5.35. The molecule has 1 saturated heterocycles. The van der Waals surface area contributed by atoms with E-state index in [1.165, 1.54) is 0 Å². The van der Waals surface area contributed by atoms with Crippen molar-refractivity contribution in [2.24, 2.45) is 5.92 Å². The van der Waals surface area contributed by atoms with E-state index in [9.17, 15) is 9.59 Å². The third-order valence-electron chi connectivity index (χ3n) is 2.47. The lowest BCUT2D eigenvalue weighted by atomic mass is 9.97. The van der Waals surface area contributed by atoms with Crippen molar-refractivity contribution in [1.82, 2.24) is 10.2 Å². The molecule has 0 aromatic rings. The largest absolute Gasteiger partial charge is 0.481 e. The second kappa shape index (κ2) is 7.21. The van der Waals surface area contributed by atoms with E-state index in [0.717, 1.165) is 11.5 Å². The number of hydrogen-bond acceptors (Lipinski definition) is 3. The van der Waals surface area contributed by atoms with E-state index in [4.69, 9.17) is 5.11 Å². The molecule has 6 heteroatoms. The van der Waals surface area contributed by atoms with Crippen LogP contribution in [0.15, 0.2) is 12.7 Å². The lowest BCUT2D eigenvalue weighted by Crippen LogP contribution is -2.54. The van der Waals surface area contributed by atoms with Gasteiger partial charge in [0.1, 0.15) is 0 Å². The molecular formula is C11H18N2O3S. The van der Waals surface area contributed by atoms with Gasteiger partial charge in [0.2, 0.25) is 0 Å². The smallest absolute Gasteiger partial charge is 0.317 e. The second-order valence-corrected chi connectivity index (χ2v) is 5.11. The van der Waals surface area contributed by atoms with Crippen molar-refractivity contribution in [1.29, 1.82) is 0 Å². The zero-order valence-corrected chi connectivity index (χ0v) is 10.5. The predicted octanol–water partition coefficient (Wildman–Crippen LogP) is 1.02. The summed E-state index contributed by atoms with van der Waals surface area (Å²) in [5.74, 6) is 1.08. The van der Waals surface area contributed by atoms with Gasteiger partial charge in [-0.25, -0.2) is 4.79 Å². The highest BCUT2D eigenvalue weighted by Crippen LogP contribution is 2.18. The summed E-state index contributed by atoms with van der Waals surface area (Å²) >= 11 is 1.71. The Kier molecular flexibility index (Phi) is 5.90. The molecule has 0 unspecified atom stereocenters. The van der Waals surface area contributed by atoms with Gasteiger partial charge in [-0.1, -0.05) is 6.08 Å². The first-order chi connectivity index (χ1) is 8.13. The maximum atomic E-state index is 11.5. The van der Waals surface area contributed by atoms with Crippen LogP contribution in [0.5, 0.6) is 0 Å². The Balaban J connectivity index is 2.03. The topological polar surface area (TPSA) is 69.6 Å². The lowest BCUT2D eigenvalue weighted by Gasteiger charge is -2.38. The molecule has 0 bridgehead atoms. The van der Waals surface area contributed by atoms with Gasteiger partial charge >= 0.3 is 12.0 Å². The van der Waals surface area contributed by atoms with E-state index in [-0.39, 0.29) is 18.4 Å². The first-order valence-corrected chi connectivity index (χ1v) is 6.72. The van der Waals surface area contributed by atoms with Gasteiger partial charge in [-0.15, -0.1) is 6.58 Å². The number of thioether (sulfide) groups is 1. The Bertz CT molecular complexity index is 290.